The first-order valence-electron chi connectivity index (χ1n) is 8.31. The Kier molecular flexibility index (Phi) is 9.46. The van der Waals surface area contributed by atoms with Crippen molar-refractivity contribution >= 4 is 5.96 Å². The zero-order valence-electron chi connectivity index (χ0n) is 13.6. The number of ether oxygens (including phenoxy) is 1. The average molecular weight is 283 g/mol. The molecule has 1 atom stereocenters. The van der Waals surface area contributed by atoms with Gasteiger partial charge < -0.3 is 15.4 Å². The van der Waals surface area contributed by atoms with Crippen LogP contribution < -0.4 is 10.6 Å². The molecule has 118 valence electrons. The summed E-state index contributed by atoms with van der Waals surface area (Å²) < 4.78 is 5.60. The maximum absolute atomic E-state index is 5.60. The van der Waals surface area contributed by atoms with E-state index in [9.17, 15) is 0 Å². The van der Waals surface area contributed by atoms with Crippen molar-refractivity contribution in [3.63, 3.8) is 0 Å². The van der Waals surface area contributed by atoms with Crippen LogP contribution in [0.1, 0.15) is 58.8 Å². The largest absolute Gasteiger partial charge is 0.379 e. The van der Waals surface area contributed by atoms with E-state index in [0.29, 0.717) is 6.04 Å². The van der Waals surface area contributed by atoms with Crippen molar-refractivity contribution in [1.82, 2.24) is 10.6 Å². The van der Waals surface area contributed by atoms with Gasteiger partial charge in [-0.3, -0.25) is 4.99 Å². The average Bonchev–Trinajstić information content (AvgIpc) is 3.26. The van der Waals surface area contributed by atoms with Crippen LogP contribution in [0.2, 0.25) is 0 Å². The smallest absolute Gasteiger partial charge is 0.191 e. The topological polar surface area (TPSA) is 45.7 Å². The number of unbranched alkanes of at least 4 members (excludes halogenated alkanes) is 3. The molecule has 0 radical (unpaired) electrons. The van der Waals surface area contributed by atoms with Gasteiger partial charge in [0, 0.05) is 26.2 Å². The maximum atomic E-state index is 5.60. The van der Waals surface area contributed by atoms with Crippen molar-refractivity contribution in [2.24, 2.45) is 10.9 Å². The van der Waals surface area contributed by atoms with Crippen molar-refractivity contribution in [3.05, 3.63) is 0 Å². The van der Waals surface area contributed by atoms with E-state index < -0.39 is 0 Å². The van der Waals surface area contributed by atoms with Crippen LogP contribution in [0.5, 0.6) is 0 Å². The highest BCUT2D eigenvalue weighted by Crippen LogP contribution is 2.28. The molecule has 1 fully saturated rings. The van der Waals surface area contributed by atoms with Gasteiger partial charge in [-0.15, -0.1) is 0 Å². The van der Waals surface area contributed by atoms with Crippen LogP contribution in [0.25, 0.3) is 0 Å². The van der Waals surface area contributed by atoms with Crippen molar-refractivity contribution in [2.45, 2.75) is 64.8 Å². The molecule has 20 heavy (non-hydrogen) atoms. The molecule has 0 bridgehead atoms. The molecule has 0 aromatic heterocycles. The van der Waals surface area contributed by atoms with E-state index in [4.69, 9.17) is 4.74 Å². The van der Waals surface area contributed by atoms with Crippen molar-refractivity contribution in [1.29, 1.82) is 0 Å². The van der Waals surface area contributed by atoms with E-state index >= 15 is 0 Å². The standard InChI is InChI=1S/C16H33N3O/c1-4-5-6-7-8-14(2)19-16(17-3)18-11-12-20-13-15-9-10-15/h14-15H,4-13H2,1-3H3,(H2,17,18,19). The summed E-state index contributed by atoms with van der Waals surface area (Å²) in [4.78, 5) is 4.26. The molecule has 0 aromatic carbocycles. The molecule has 0 amide bonds. The first kappa shape index (κ1) is 17.3. The van der Waals surface area contributed by atoms with E-state index in [2.05, 4.69) is 29.5 Å². The third-order valence-corrected chi connectivity index (χ3v) is 3.69. The fourth-order valence-corrected chi connectivity index (χ4v) is 2.15. The van der Waals surface area contributed by atoms with E-state index in [1.807, 2.05) is 7.05 Å². The normalized spacial score (nSPS) is 17.1. The number of nitrogens with one attached hydrogen (secondary N) is 2. The lowest BCUT2D eigenvalue weighted by Gasteiger charge is -2.18. The number of hydrogen-bond acceptors (Lipinski definition) is 2. The van der Waals surface area contributed by atoms with Crippen LogP contribution >= 0.6 is 0 Å². The molecule has 4 heteroatoms. The predicted octanol–water partition coefficient (Wildman–Crippen LogP) is 2.94. The molecule has 1 aliphatic rings. The van der Waals surface area contributed by atoms with E-state index in [1.165, 1.54) is 44.9 Å². The van der Waals surface area contributed by atoms with Gasteiger partial charge in [-0.2, -0.15) is 0 Å². The second-order valence-electron chi connectivity index (χ2n) is 5.91. The third-order valence-electron chi connectivity index (χ3n) is 3.69. The number of hydrogen-bond donors (Lipinski definition) is 2. The molecule has 0 heterocycles. The van der Waals surface area contributed by atoms with Crippen molar-refractivity contribution in [3.8, 4) is 0 Å². The minimum atomic E-state index is 0.477. The molecule has 0 saturated heterocycles. The first-order valence-corrected chi connectivity index (χ1v) is 8.31. The SMILES string of the molecule is CCCCCCC(C)NC(=NC)NCCOCC1CC1. The summed E-state index contributed by atoms with van der Waals surface area (Å²) in [6.45, 7) is 7.00. The molecule has 1 saturated carbocycles. The van der Waals surface area contributed by atoms with E-state index in [-0.39, 0.29) is 0 Å². The Morgan fingerprint density at radius 3 is 2.75 bits per heavy atom. The van der Waals surface area contributed by atoms with Crippen LogP contribution in [0, 0.1) is 5.92 Å². The quantitative estimate of drug-likeness (QED) is 0.348. The van der Waals surface area contributed by atoms with Crippen LogP contribution in [-0.4, -0.2) is 38.8 Å². The Hall–Kier alpha value is -0.770. The van der Waals surface area contributed by atoms with Crippen molar-refractivity contribution < 1.29 is 4.74 Å². The highest BCUT2D eigenvalue weighted by Gasteiger charge is 2.20. The molecular formula is C16H33N3O. The summed E-state index contributed by atoms with van der Waals surface area (Å²) in [5.74, 6) is 1.73. The molecular weight excluding hydrogens is 250 g/mol. The summed E-state index contributed by atoms with van der Waals surface area (Å²) in [6, 6.07) is 0.477. The molecule has 0 spiro atoms. The van der Waals surface area contributed by atoms with Crippen LogP contribution in [0.3, 0.4) is 0 Å². The highest BCUT2D eigenvalue weighted by molar-refractivity contribution is 5.79. The lowest BCUT2D eigenvalue weighted by atomic mass is 10.1. The van der Waals surface area contributed by atoms with Gasteiger partial charge in [-0.05, 0) is 32.1 Å². The molecule has 4 nitrogen and oxygen atoms in total. The summed E-state index contributed by atoms with van der Waals surface area (Å²) in [5.41, 5.74) is 0. The lowest BCUT2D eigenvalue weighted by molar-refractivity contribution is 0.129. The molecule has 1 aliphatic carbocycles. The lowest BCUT2D eigenvalue weighted by Crippen LogP contribution is -2.43. The van der Waals surface area contributed by atoms with E-state index in [1.54, 1.807) is 0 Å². The van der Waals surface area contributed by atoms with Crippen molar-refractivity contribution in [2.75, 3.05) is 26.8 Å². The number of rotatable bonds is 11. The number of aliphatic imine (C=N–C) groups is 1. The Morgan fingerprint density at radius 1 is 1.30 bits per heavy atom. The van der Waals surface area contributed by atoms with Gasteiger partial charge in [-0.1, -0.05) is 32.6 Å². The van der Waals surface area contributed by atoms with Gasteiger partial charge in [0.1, 0.15) is 0 Å². The first-order chi connectivity index (χ1) is 9.76. The van der Waals surface area contributed by atoms with Gasteiger partial charge in [0.15, 0.2) is 5.96 Å². The predicted molar refractivity (Wildman–Crippen MR) is 86.3 cm³/mol. The monoisotopic (exact) mass is 283 g/mol. The molecule has 1 unspecified atom stereocenters. The maximum Gasteiger partial charge on any atom is 0.191 e. The molecule has 0 aliphatic heterocycles. The zero-order valence-corrected chi connectivity index (χ0v) is 13.6. The Balaban J connectivity index is 1.99. The minimum absolute atomic E-state index is 0.477. The minimum Gasteiger partial charge on any atom is -0.379 e. The van der Waals surface area contributed by atoms with Crippen LogP contribution in [0.15, 0.2) is 4.99 Å². The molecule has 2 N–H and O–H groups in total. The Bertz CT molecular complexity index is 264. The number of guanidine groups is 1. The second-order valence-corrected chi connectivity index (χ2v) is 5.91. The molecule has 0 aromatic rings. The second kappa shape index (κ2) is 11.0. The summed E-state index contributed by atoms with van der Waals surface area (Å²) in [7, 11) is 1.82. The summed E-state index contributed by atoms with van der Waals surface area (Å²) in [5, 5.41) is 6.75. The summed E-state index contributed by atoms with van der Waals surface area (Å²) >= 11 is 0. The highest BCUT2D eigenvalue weighted by atomic mass is 16.5. The fraction of sp³-hybridized carbons (Fsp3) is 0.938. The van der Waals surface area contributed by atoms with Gasteiger partial charge in [0.05, 0.1) is 6.61 Å². The van der Waals surface area contributed by atoms with Gasteiger partial charge in [-0.25, -0.2) is 0 Å². The van der Waals surface area contributed by atoms with Gasteiger partial charge in [0.2, 0.25) is 0 Å². The zero-order chi connectivity index (χ0) is 14.6. The van der Waals surface area contributed by atoms with Gasteiger partial charge in [0.25, 0.3) is 0 Å². The Morgan fingerprint density at radius 2 is 2.10 bits per heavy atom. The van der Waals surface area contributed by atoms with Gasteiger partial charge >= 0.3 is 0 Å². The fourth-order valence-electron chi connectivity index (χ4n) is 2.15. The van der Waals surface area contributed by atoms with Crippen LogP contribution in [0.4, 0.5) is 0 Å². The number of nitrogens with zero attached hydrogens (tertiary/aromatic N) is 1. The van der Waals surface area contributed by atoms with Crippen LogP contribution in [-0.2, 0) is 4.74 Å². The summed E-state index contributed by atoms with van der Waals surface area (Å²) in [6.07, 6.45) is 9.19. The van der Waals surface area contributed by atoms with E-state index in [0.717, 1.165) is 31.6 Å². The Labute approximate surface area is 124 Å². The third kappa shape index (κ3) is 9.18. The molecule has 1 rings (SSSR count).